The smallest absolute Gasteiger partial charge is 0.317 e. The number of carbonyl (C=O) groups is 1. The second-order valence-electron chi connectivity index (χ2n) is 5.44. The quantitative estimate of drug-likeness (QED) is 0.828. The minimum Gasteiger partial charge on any atom is -0.492 e. The molecule has 6 nitrogen and oxygen atoms in total. The Hall–Kier alpha value is -2.89. The van der Waals surface area contributed by atoms with Gasteiger partial charge in [0.2, 0.25) is 6.79 Å². The van der Waals surface area contributed by atoms with E-state index in [-0.39, 0.29) is 12.8 Å². The lowest BCUT2D eigenvalue weighted by atomic mass is 10.2. The van der Waals surface area contributed by atoms with Crippen LogP contribution in [0.3, 0.4) is 0 Å². The molecule has 0 atom stereocenters. The van der Waals surface area contributed by atoms with Gasteiger partial charge in [-0.1, -0.05) is 30.3 Å². The third kappa shape index (κ3) is 4.10. The number of amides is 2. The Morgan fingerprint density at radius 1 is 1.17 bits per heavy atom. The number of hydrogen-bond acceptors (Lipinski definition) is 4. The van der Waals surface area contributed by atoms with Crippen molar-refractivity contribution < 1.29 is 19.0 Å². The van der Waals surface area contributed by atoms with Gasteiger partial charge in [0, 0.05) is 19.7 Å². The van der Waals surface area contributed by atoms with Crippen molar-refractivity contribution in [3.05, 3.63) is 54.1 Å². The zero-order chi connectivity index (χ0) is 16.8. The second kappa shape index (κ2) is 7.59. The SMILES string of the molecule is CN(Cc1ccccc1)C(=O)NCCOc1ccc2c(c1)OCO2. The van der Waals surface area contributed by atoms with Crippen LogP contribution in [0.15, 0.2) is 48.5 Å². The van der Waals surface area contributed by atoms with Crippen molar-refractivity contribution in [2.75, 3.05) is 27.0 Å². The largest absolute Gasteiger partial charge is 0.492 e. The van der Waals surface area contributed by atoms with E-state index >= 15 is 0 Å². The molecule has 0 saturated heterocycles. The molecule has 1 aliphatic rings. The number of nitrogens with one attached hydrogen (secondary N) is 1. The lowest BCUT2D eigenvalue weighted by Gasteiger charge is -2.18. The molecule has 2 amide bonds. The molecule has 1 N–H and O–H groups in total. The van der Waals surface area contributed by atoms with Gasteiger partial charge < -0.3 is 24.4 Å². The van der Waals surface area contributed by atoms with Gasteiger partial charge in [-0.05, 0) is 17.7 Å². The van der Waals surface area contributed by atoms with E-state index in [0.717, 1.165) is 11.3 Å². The van der Waals surface area contributed by atoms with E-state index in [2.05, 4.69) is 5.32 Å². The average molecular weight is 328 g/mol. The zero-order valence-electron chi connectivity index (χ0n) is 13.5. The van der Waals surface area contributed by atoms with Gasteiger partial charge in [-0.25, -0.2) is 4.79 Å². The highest BCUT2D eigenvalue weighted by molar-refractivity contribution is 5.73. The van der Waals surface area contributed by atoms with Crippen molar-refractivity contribution in [3.8, 4) is 17.2 Å². The van der Waals surface area contributed by atoms with Crippen LogP contribution in [0.4, 0.5) is 4.79 Å². The summed E-state index contributed by atoms with van der Waals surface area (Å²) in [6, 6.07) is 15.1. The number of urea groups is 1. The second-order valence-corrected chi connectivity index (χ2v) is 5.44. The Morgan fingerprint density at radius 3 is 2.79 bits per heavy atom. The first-order valence-corrected chi connectivity index (χ1v) is 7.78. The van der Waals surface area contributed by atoms with Crippen molar-refractivity contribution in [1.82, 2.24) is 10.2 Å². The van der Waals surface area contributed by atoms with Crippen LogP contribution in [-0.2, 0) is 6.54 Å². The predicted molar refractivity (Wildman–Crippen MR) is 89.4 cm³/mol. The van der Waals surface area contributed by atoms with Gasteiger partial charge in [-0.15, -0.1) is 0 Å². The van der Waals surface area contributed by atoms with E-state index in [1.54, 1.807) is 18.0 Å². The number of fused-ring (bicyclic) bond motifs is 1. The fourth-order valence-electron chi connectivity index (χ4n) is 2.36. The number of ether oxygens (including phenoxy) is 3. The molecule has 0 aromatic heterocycles. The molecule has 0 radical (unpaired) electrons. The van der Waals surface area contributed by atoms with E-state index in [4.69, 9.17) is 14.2 Å². The molecule has 126 valence electrons. The van der Waals surface area contributed by atoms with Gasteiger partial charge in [0.05, 0.1) is 6.54 Å². The summed E-state index contributed by atoms with van der Waals surface area (Å²) in [6.07, 6.45) is 0. The maximum atomic E-state index is 12.0. The normalized spacial score (nSPS) is 11.9. The average Bonchev–Trinajstić information content (AvgIpc) is 3.07. The zero-order valence-corrected chi connectivity index (χ0v) is 13.5. The van der Waals surface area contributed by atoms with E-state index in [1.165, 1.54) is 0 Å². The molecule has 0 bridgehead atoms. The minimum absolute atomic E-state index is 0.131. The monoisotopic (exact) mass is 328 g/mol. The number of nitrogens with zero attached hydrogens (tertiary/aromatic N) is 1. The molecule has 0 unspecified atom stereocenters. The molecular weight excluding hydrogens is 308 g/mol. The lowest BCUT2D eigenvalue weighted by Crippen LogP contribution is -2.38. The first kappa shape index (κ1) is 16.0. The van der Waals surface area contributed by atoms with Gasteiger partial charge in [0.1, 0.15) is 12.4 Å². The van der Waals surface area contributed by atoms with Crippen LogP contribution in [0.5, 0.6) is 17.2 Å². The van der Waals surface area contributed by atoms with Gasteiger partial charge in [-0.2, -0.15) is 0 Å². The topological polar surface area (TPSA) is 60.0 Å². The maximum Gasteiger partial charge on any atom is 0.317 e. The molecule has 0 saturated carbocycles. The molecule has 6 heteroatoms. The molecule has 1 heterocycles. The third-order valence-corrected chi connectivity index (χ3v) is 3.60. The van der Waals surface area contributed by atoms with Crippen molar-refractivity contribution in [3.63, 3.8) is 0 Å². The Bertz CT molecular complexity index is 691. The summed E-state index contributed by atoms with van der Waals surface area (Å²) in [4.78, 5) is 13.7. The molecule has 24 heavy (non-hydrogen) atoms. The van der Waals surface area contributed by atoms with Crippen LogP contribution in [-0.4, -0.2) is 37.9 Å². The molecule has 0 aliphatic carbocycles. The summed E-state index contributed by atoms with van der Waals surface area (Å²) < 4.78 is 16.1. The van der Waals surface area contributed by atoms with E-state index in [9.17, 15) is 4.79 Å². The molecule has 2 aromatic carbocycles. The third-order valence-electron chi connectivity index (χ3n) is 3.60. The van der Waals surface area contributed by atoms with E-state index < -0.39 is 0 Å². The summed E-state index contributed by atoms with van der Waals surface area (Å²) in [6.45, 7) is 1.61. The summed E-state index contributed by atoms with van der Waals surface area (Å²) in [5.41, 5.74) is 1.09. The molecular formula is C18H20N2O4. The van der Waals surface area contributed by atoms with Crippen LogP contribution in [0, 0.1) is 0 Å². The number of hydrogen-bond donors (Lipinski definition) is 1. The highest BCUT2D eigenvalue weighted by atomic mass is 16.7. The summed E-state index contributed by atoms with van der Waals surface area (Å²) in [5.74, 6) is 2.09. The number of benzene rings is 2. The van der Waals surface area contributed by atoms with Crippen molar-refractivity contribution in [1.29, 1.82) is 0 Å². The van der Waals surface area contributed by atoms with Crippen LogP contribution in [0.25, 0.3) is 0 Å². The van der Waals surface area contributed by atoms with Crippen LogP contribution in [0.2, 0.25) is 0 Å². The minimum atomic E-state index is -0.131. The molecule has 3 rings (SSSR count). The Kier molecular flexibility index (Phi) is 5.05. The summed E-state index contributed by atoms with van der Waals surface area (Å²) in [5, 5.41) is 2.83. The van der Waals surface area contributed by atoms with Crippen LogP contribution < -0.4 is 19.5 Å². The van der Waals surface area contributed by atoms with E-state index in [1.807, 2.05) is 42.5 Å². The van der Waals surface area contributed by atoms with Crippen LogP contribution >= 0.6 is 0 Å². The Morgan fingerprint density at radius 2 is 1.96 bits per heavy atom. The Labute approximate surface area is 140 Å². The van der Waals surface area contributed by atoms with E-state index in [0.29, 0.717) is 31.2 Å². The van der Waals surface area contributed by atoms with Crippen molar-refractivity contribution in [2.24, 2.45) is 0 Å². The van der Waals surface area contributed by atoms with Crippen molar-refractivity contribution >= 4 is 6.03 Å². The highest BCUT2D eigenvalue weighted by Gasteiger charge is 2.13. The van der Waals surface area contributed by atoms with Gasteiger partial charge in [-0.3, -0.25) is 0 Å². The fraction of sp³-hybridized carbons (Fsp3) is 0.278. The lowest BCUT2D eigenvalue weighted by molar-refractivity contribution is 0.173. The molecule has 0 fully saturated rings. The number of carbonyl (C=O) groups excluding carboxylic acids is 1. The fourth-order valence-corrected chi connectivity index (χ4v) is 2.36. The predicted octanol–water partition coefficient (Wildman–Crippen LogP) is 2.64. The molecule has 1 aliphatic heterocycles. The van der Waals surface area contributed by atoms with Gasteiger partial charge >= 0.3 is 6.03 Å². The maximum absolute atomic E-state index is 12.0. The standard InChI is InChI=1S/C18H20N2O4/c1-20(12-14-5-3-2-4-6-14)18(21)19-9-10-22-15-7-8-16-17(11-15)24-13-23-16/h2-8,11H,9-10,12-13H2,1H3,(H,19,21). The summed E-state index contributed by atoms with van der Waals surface area (Å²) >= 11 is 0. The van der Waals surface area contributed by atoms with Crippen LogP contribution in [0.1, 0.15) is 5.56 Å². The first-order chi connectivity index (χ1) is 11.7. The van der Waals surface area contributed by atoms with Gasteiger partial charge in [0.25, 0.3) is 0 Å². The highest BCUT2D eigenvalue weighted by Crippen LogP contribution is 2.34. The van der Waals surface area contributed by atoms with Crippen molar-refractivity contribution in [2.45, 2.75) is 6.54 Å². The first-order valence-electron chi connectivity index (χ1n) is 7.78. The molecule has 2 aromatic rings. The molecule has 0 spiro atoms. The summed E-state index contributed by atoms with van der Waals surface area (Å²) in [7, 11) is 1.76. The number of rotatable bonds is 6. The Balaban J connectivity index is 1.39. The van der Waals surface area contributed by atoms with Gasteiger partial charge in [0.15, 0.2) is 11.5 Å².